The van der Waals surface area contributed by atoms with E-state index in [0.29, 0.717) is 24.4 Å². The summed E-state index contributed by atoms with van der Waals surface area (Å²) in [7, 11) is 0. The van der Waals surface area contributed by atoms with Gasteiger partial charge in [-0.2, -0.15) is 0 Å². The fourth-order valence-electron chi connectivity index (χ4n) is 2.08. The number of likely N-dealkylation sites (tertiary alicyclic amines) is 1. The van der Waals surface area contributed by atoms with Crippen LogP contribution in [0.4, 0.5) is 0 Å². The smallest absolute Gasteiger partial charge is 0.308 e. The lowest BCUT2D eigenvalue weighted by molar-refractivity contribution is -0.143. The van der Waals surface area contributed by atoms with E-state index >= 15 is 0 Å². The van der Waals surface area contributed by atoms with Crippen molar-refractivity contribution in [2.75, 3.05) is 13.1 Å². The maximum absolute atomic E-state index is 12.3. The van der Waals surface area contributed by atoms with Gasteiger partial charge in [0.15, 0.2) is 0 Å². The third kappa shape index (κ3) is 2.59. The molecule has 1 unspecified atom stereocenters. The molecule has 1 fully saturated rings. The Kier molecular flexibility index (Phi) is 4.07. The van der Waals surface area contributed by atoms with Gasteiger partial charge < -0.3 is 10.0 Å². The van der Waals surface area contributed by atoms with Gasteiger partial charge in [0.2, 0.25) is 0 Å². The molecule has 1 aromatic rings. The van der Waals surface area contributed by atoms with Crippen molar-refractivity contribution in [3.63, 3.8) is 0 Å². The number of hydrogen-bond acceptors (Lipinski definition) is 3. The summed E-state index contributed by atoms with van der Waals surface area (Å²) >= 11 is 4.81. The van der Waals surface area contributed by atoms with Crippen molar-refractivity contribution in [2.45, 2.75) is 19.8 Å². The van der Waals surface area contributed by atoms with E-state index in [9.17, 15) is 9.59 Å². The Bertz CT molecular complexity index is 486. The highest BCUT2D eigenvalue weighted by atomic mass is 79.9. The maximum atomic E-state index is 12.3. The van der Waals surface area contributed by atoms with E-state index in [4.69, 9.17) is 5.11 Å². The highest BCUT2D eigenvalue weighted by molar-refractivity contribution is 9.10. The van der Waals surface area contributed by atoms with E-state index < -0.39 is 11.9 Å². The van der Waals surface area contributed by atoms with E-state index in [1.54, 1.807) is 4.90 Å². The minimum Gasteiger partial charge on any atom is -0.481 e. The van der Waals surface area contributed by atoms with Gasteiger partial charge in [-0.15, -0.1) is 11.3 Å². The number of carbonyl (C=O) groups excluding carboxylic acids is 1. The number of thiophene rings is 1. The molecular weight excluding hydrogens is 318 g/mol. The standard InChI is InChI=1S/C12H14BrNO3S/c1-7-6-18-10(9(7)13)11(15)14-4-2-3-8(5-14)12(16)17/h6,8H,2-5H2,1H3,(H,16,17). The predicted octanol–water partition coefficient (Wildman–Crippen LogP) is 2.76. The van der Waals surface area contributed by atoms with Crippen LogP contribution in [0.15, 0.2) is 9.85 Å². The number of aryl methyl sites for hydroxylation is 1. The molecule has 0 aliphatic carbocycles. The molecule has 0 radical (unpaired) electrons. The van der Waals surface area contributed by atoms with Crippen molar-refractivity contribution in [3.8, 4) is 0 Å². The second-order valence-corrected chi connectivity index (χ2v) is 6.16. The lowest BCUT2D eigenvalue weighted by Crippen LogP contribution is -2.42. The first-order valence-corrected chi connectivity index (χ1v) is 7.43. The molecule has 4 nitrogen and oxygen atoms in total. The topological polar surface area (TPSA) is 57.6 Å². The summed E-state index contributed by atoms with van der Waals surface area (Å²) in [5, 5.41) is 10.9. The van der Waals surface area contributed by atoms with Crippen molar-refractivity contribution >= 4 is 39.1 Å². The van der Waals surface area contributed by atoms with Crippen molar-refractivity contribution in [1.29, 1.82) is 0 Å². The number of rotatable bonds is 2. The fourth-order valence-corrected chi connectivity index (χ4v) is 3.70. The summed E-state index contributed by atoms with van der Waals surface area (Å²) in [5.74, 6) is -1.30. The molecule has 0 bridgehead atoms. The second kappa shape index (κ2) is 5.40. The Morgan fingerprint density at radius 3 is 2.83 bits per heavy atom. The van der Waals surface area contributed by atoms with Gasteiger partial charge in [-0.05, 0) is 46.6 Å². The van der Waals surface area contributed by atoms with Gasteiger partial charge in [0.25, 0.3) is 5.91 Å². The van der Waals surface area contributed by atoms with Crippen LogP contribution >= 0.6 is 27.3 Å². The van der Waals surface area contributed by atoms with Gasteiger partial charge in [-0.1, -0.05) is 0 Å². The normalized spacial score (nSPS) is 19.9. The van der Waals surface area contributed by atoms with Crippen LogP contribution in [0.25, 0.3) is 0 Å². The van der Waals surface area contributed by atoms with Crippen molar-refractivity contribution in [1.82, 2.24) is 4.90 Å². The molecular formula is C12H14BrNO3S. The maximum Gasteiger partial charge on any atom is 0.308 e. The first kappa shape index (κ1) is 13.5. The van der Waals surface area contributed by atoms with Crippen molar-refractivity contribution < 1.29 is 14.7 Å². The van der Waals surface area contributed by atoms with Gasteiger partial charge in [0, 0.05) is 17.6 Å². The molecule has 6 heteroatoms. The molecule has 98 valence electrons. The molecule has 1 aliphatic rings. The largest absolute Gasteiger partial charge is 0.481 e. The molecule has 1 N–H and O–H groups in total. The number of nitrogens with zero attached hydrogens (tertiary/aromatic N) is 1. The highest BCUT2D eigenvalue weighted by Gasteiger charge is 2.30. The number of halogens is 1. The molecule has 1 atom stereocenters. The number of aliphatic carboxylic acids is 1. The van der Waals surface area contributed by atoms with Gasteiger partial charge >= 0.3 is 5.97 Å². The Labute approximate surface area is 118 Å². The zero-order valence-electron chi connectivity index (χ0n) is 9.98. The lowest BCUT2D eigenvalue weighted by Gasteiger charge is -2.30. The zero-order valence-corrected chi connectivity index (χ0v) is 12.4. The van der Waals surface area contributed by atoms with Crippen LogP contribution in [0.5, 0.6) is 0 Å². The quantitative estimate of drug-likeness (QED) is 0.906. The molecule has 1 aliphatic heterocycles. The number of carbonyl (C=O) groups is 2. The Hall–Kier alpha value is -0.880. The average molecular weight is 332 g/mol. The summed E-state index contributed by atoms with van der Waals surface area (Å²) in [6.07, 6.45) is 1.41. The van der Waals surface area contributed by atoms with Crippen LogP contribution in [0.2, 0.25) is 0 Å². The third-order valence-electron chi connectivity index (χ3n) is 3.15. The Morgan fingerprint density at radius 1 is 1.56 bits per heavy atom. The first-order valence-electron chi connectivity index (χ1n) is 5.76. The van der Waals surface area contributed by atoms with Crippen LogP contribution in [0.3, 0.4) is 0 Å². The minimum atomic E-state index is -0.811. The number of hydrogen-bond donors (Lipinski definition) is 1. The number of carboxylic acid groups (broad SMARTS) is 1. The summed E-state index contributed by atoms with van der Waals surface area (Å²) < 4.78 is 0.829. The number of carboxylic acids is 1. The van der Waals surface area contributed by atoms with Gasteiger partial charge in [-0.3, -0.25) is 9.59 Å². The first-order chi connectivity index (χ1) is 8.50. The zero-order chi connectivity index (χ0) is 13.3. The van der Waals surface area contributed by atoms with E-state index in [-0.39, 0.29) is 5.91 Å². The van der Waals surface area contributed by atoms with Gasteiger partial charge in [0.05, 0.1) is 5.92 Å². The third-order valence-corrected chi connectivity index (χ3v) is 5.52. The molecule has 1 saturated heterocycles. The molecule has 0 saturated carbocycles. The van der Waals surface area contributed by atoms with E-state index in [2.05, 4.69) is 15.9 Å². The Balaban J connectivity index is 2.14. The molecule has 0 aromatic carbocycles. The van der Waals surface area contributed by atoms with Crippen LogP contribution in [-0.4, -0.2) is 35.0 Å². The molecule has 2 rings (SSSR count). The van der Waals surface area contributed by atoms with Crippen LogP contribution in [-0.2, 0) is 4.79 Å². The fraction of sp³-hybridized carbons (Fsp3) is 0.500. The van der Waals surface area contributed by atoms with Crippen LogP contribution in [0.1, 0.15) is 28.1 Å². The number of amides is 1. The van der Waals surface area contributed by atoms with E-state index in [1.165, 1.54) is 11.3 Å². The van der Waals surface area contributed by atoms with Crippen LogP contribution < -0.4 is 0 Å². The molecule has 2 heterocycles. The minimum absolute atomic E-state index is 0.0640. The number of piperidine rings is 1. The van der Waals surface area contributed by atoms with Crippen molar-refractivity contribution in [3.05, 3.63) is 20.3 Å². The SMILES string of the molecule is Cc1csc(C(=O)N2CCCC(C(=O)O)C2)c1Br. The van der Waals surface area contributed by atoms with Crippen LogP contribution in [0, 0.1) is 12.8 Å². The average Bonchev–Trinajstić information content (AvgIpc) is 2.69. The van der Waals surface area contributed by atoms with E-state index in [1.807, 2.05) is 12.3 Å². The summed E-state index contributed by atoms with van der Waals surface area (Å²) in [6.45, 7) is 2.90. The second-order valence-electron chi connectivity index (χ2n) is 4.49. The van der Waals surface area contributed by atoms with Gasteiger partial charge in [0.1, 0.15) is 4.88 Å². The highest BCUT2D eigenvalue weighted by Crippen LogP contribution is 2.30. The molecule has 0 spiro atoms. The predicted molar refractivity (Wildman–Crippen MR) is 73.0 cm³/mol. The molecule has 18 heavy (non-hydrogen) atoms. The summed E-state index contributed by atoms with van der Waals surface area (Å²) in [6, 6.07) is 0. The lowest BCUT2D eigenvalue weighted by atomic mass is 9.98. The van der Waals surface area contributed by atoms with E-state index in [0.717, 1.165) is 16.5 Å². The van der Waals surface area contributed by atoms with Gasteiger partial charge in [-0.25, -0.2) is 0 Å². The monoisotopic (exact) mass is 331 g/mol. The Morgan fingerprint density at radius 2 is 2.28 bits per heavy atom. The molecule has 1 amide bonds. The summed E-state index contributed by atoms with van der Waals surface area (Å²) in [5.41, 5.74) is 1.04. The summed E-state index contributed by atoms with van der Waals surface area (Å²) in [4.78, 5) is 25.6. The molecule has 1 aromatic heterocycles. The van der Waals surface area contributed by atoms with Crippen molar-refractivity contribution in [2.24, 2.45) is 5.92 Å².